The van der Waals surface area contributed by atoms with Crippen LogP contribution in [0.4, 0.5) is 0 Å². The van der Waals surface area contributed by atoms with Crippen molar-refractivity contribution in [3.63, 3.8) is 0 Å². The largest absolute Gasteiger partial charge is 0.307 e. The summed E-state index contributed by atoms with van der Waals surface area (Å²) in [7, 11) is 0. The van der Waals surface area contributed by atoms with Crippen LogP contribution in [0.5, 0.6) is 0 Å². The minimum Gasteiger partial charge on any atom is -0.307 e. The van der Waals surface area contributed by atoms with Gasteiger partial charge in [0.05, 0.1) is 5.69 Å². The molecular formula is C15H26N2S2. The van der Waals surface area contributed by atoms with Gasteiger partial charge >= 0.3 is 0 Å². The number of rotatable bonds is 5. The van der Waals surface area contributed by atoms with Gasteiger partial charge < -0.3 is 5.32 Å². The third-order valence-corrected chi connectivity index (χ3v) is 6.18. The van der Waals surface area contributed by atoms with Crippen molar-refractivity contribution < 1.29 is 0 Å². The van der Waals surface area contributed by atoms with Crippen molar-refractivity contribution in [3.8, 4) is 0 Å². The summed E-state index contributed by atoms with van der Waals surface area (Å²) >= 11 is 4.00. The Kier molecular flexibility index (Phi) is 5.32. The molecule has 0 amide bonds. The summed E-state index contributed by atoms with van der Waals surface area (Å²) in [5.41, 5.74) is 1.39. The second-order valence-corrected chi connectivity index (χ2v) is 8.89. The molecule has 0 bridgehead atoms. The van der Waals surface area contributed by atoms with Crippen LogP contribution in [0.1, 0.15) is 62.0 Å². The lowest BCUT2D eigenvalue weighted by atomic mass is 10.1. The Morgan fingerprint density at radius 2 is 2.00 bits per heavy atom. The highest BCUT2D eigenvalue weighted by Gasteiger charge is 2.17. The Bertz CT molecular complexity index is 401. The molecule has 1 aliphatic rings. The average molecular weight is 299 g/mol. The van der Waals surface area contributed by atoms with Crippen molar-refractivity contribution in [2.45, 2.75) is 76.5 Å². The first-order valence-electron chi connectivity index (χ1n) is 7.26. The molecule has 4 heteroatoms. The van der Waals surface area contributed by atoms with Crippen molar-refractivity contribution in [2.75, 3.05) is 0 Å². The molecule has 1 aliphatic carbocycles. The van der Waals surface area contributed by atoms with Crippen LogP contribution in [-0.4, -0.2) is 15.8 Å². The molecule has 1 saturated carbocycles. The molecule has 0 aromatic carbocycles. The maximum Gasteiger partial charge on any atom is 0.103 e. The summed E-state index contributed by atoms with van der Waals surface area (Å²) < 4.78 is 0. The zero-order chi connectivity index (χ0) is 13.9. The van der Waals surface area contributed by atoms with E-state index in [-0.39, 0.29) is 5.54 Å². The maximum atomic E-state index is 4.73. The van der Waals surface area contributed by atoms with Gasteiger partial charge in [0.1, 0.15) is 5.01 Å². The van der Waals surface area contributed by atoms with Gasteiger partial charge in [0.2, 0.25) is 0 Å². The Balaban J connectivity index is 1.85. The molecule has 0 radical (unpaired) electrons. The van der Waals surface area contributed by atoms with Crippen LogP contribution in [0, 0.1) is 6.92 Å². The average Bonchev–Trinajstić information content (AvgIpc) is 2.92. The molecule has 0 atom stereocenters. The van der Waals surface area contributed by atoms with Gasteiger partial charge in [-0.25, -0.2) is 4.98 Å². The van der Waals surface area contributed by atoms with E-state index >= 15 is 0 Å². The number of aryl methyl sites for hydroxylation is 1. The molecule has 0 unspecified atom stereocenters. The van der Waals surface area contributed by atoms with Gasteiger partial charge in [-0.05, 0) is 40.5 Å². The summed E-state index contributed by atoms with van der Waals surface area (Å²) in [4.78, 5) is 6.13. The second kappa shape index (κ2) is 6.59. The van der Waals surface area contributed by atoms with Crippen molar-refractivity contribution in [2.24, 2.45) is 0 Å². The van der Waals surface area contributed by atoms with Gasteiger partial charge in [-0.1, -0.05) is 12.8 Å². The van der Waals surface area contributed by atoms with E-state index in [9.17, 15) is 0 Å². The maximum absolute atomic E-state index is 4.73. The lowest BCUT2D eigenvalue weighted by Gasteiger charge is -2.19. The van der Waals surface area contributed by atoms with Gasteiger partial charge in [-0.15, -0.1) is 11.3 Å². The predicted molar refractivity (Wildman–Crippen MR) is 87.0 cm³/mol. The van der Waals surface area contributed by atoms with Gasteiger partial charge in [0, 0.05) is 28.0 Å². The summed E-state index contributed by atoms with van der Waals surface area (Å²) in [6, 6.07) is 0. The molecule has 2 nitrogen and oxygen atoms in total. The van der Waals surface area contributed by atoms with Crippen LogP contribution in [0.3, 0.4) is 0 Å². The van der Waals surface area contributed by atoms with Gasteiger partial charge in [0.15, 0.2) is 0 Å². The Labute approximate surface area is 125 Å². The molecule has 2 rings (SSSR count). The molecule has 0 spiro atoms. The number of hydrogen-bond donors (Lipinski definition) is 1. The quantitative estimate of drug-likeness (QED) is 0.865. The summed E-state index contributed by atoms with van der Waals surface area (Å²) in [5.74, 6) is 1.10. The van der Waals surface area contributed by atoms with E-state index in [1.165, 1.54) is 41.3 Å². The Morgan fingerprint density at radius 3 is 2.63 bits per heavy atom. The first-order chi connectivity index (χ1) is 8.94. The zero-order valence-corrected chi connectivity index (χ0v) is 14.2. The smallest absolute Gasteiger partial charge is 0.103 e. The fourth-order valence-electron chi connectivity index (χ4n) is 2.30. The van der Waals surface area contributed by atoms with Crippen molar-refractivity contribution in [1.82, 2.24) is 10.3 Å². The van der Waals surface area contributed by atoms with E-state index in [1.54, 1.807) is 0 Å². The van der Waals surface area contributed by atoms with E-state index in [0.29, 0.717) is 0 Å². The standard InChI is InChI=1S/C15H26N2S2/c1-11-13(9-16-15(2,3)4)19-14(17-11)10-18-12-7-5-6-8-12/h12,16H,5-10H2,1-4H3. The number of thioether (sulfide) groups is 1. The lowest BCUT2D eigenvalue weighted by Crippen LogP contribution is -2.34. The topological polar surface area (TPSA) is 24.9 Å². The minimum atomic E-state index is 0.176. The number of nitrogens with one attached hydrogen (secondary N) is 1. The Hall–Kier alpha value is -0.0600. The summed E-state index contributed by atoms with van der Waals surface area (Å²) in [5, 5.41) is 5.75. The van der Waals surface area contributed by atoms with E-state index in [0.717, 1.165) is 17.5 Å². The molecule has 0 aliphatic heterocycles. The second-order valence-electron chi connectivity index (χ2n) is 6.44. The van der Waals surface area contributed by atoms with Gasteiger partial charge in [0.25, 0.3) is 0 Å². The summed E-state index contributed by atoms with van der Waals surface area (Å²) in [6.45, 7) is 9.71. The third kappa shape index (κ3) is 5.09. The predicted octanol–water partition coefficient (Wildman–Crippen LogP) is 4.52. The molecule has 19 heavy (non-hydrogen) atoms. The number of hydrogen-bond acceptors (Lipinski definition) is 4. The van der Waals surface area contributed by atoms with Crippen LogP contribution in [-0.2, 0) is 12.3 Å². The third-order valence-electron chi connectivity index (χ3n) is 3.46. The van der Waals surface area contributed by atoms with Gasteiger partial charge in [-0.2, -0.15) is 11.8 Å². The van der Waals surface area contributed by atoms with Crippen molar-refractivity contribution in [3.05, 3.63) is 15.6 Å². The molecule has 1 fully saturated rings. The first kappa shape index (κ1) is 15.3. The molecule has 1 N–H and O–H groups in total. The number of nitrogens with zero attached hydrogens (tertiary/aromatic N) is 1. The Morgan fingerprint density at radius 1 is 1.32 bits per heavy atom. The van der Waals surface area contributed by atoms with E-state index in [1.807, 2.05) is 11.3 Å². The molecule has 1 aromatic rings. The SMILES string of the molecule is Cc1nc(CSC2CCCC2)sc1CNC(C)(C)C. The molecule has 0 saturated heterocycles. The van der Waals surface area contributed by atoms with Crippen LogP contribution >= 0.6 is 23.1 Å². The first-order valence-corrected chi connectivity index (χ1v) is 9.12. The number of thiazole rings is 1. The van der Waals surface area contributed by atoms with Gasteiger partial charge in [-0.3, -0.25) is 0 Å². The van der Waals surface area contributed by atoms with E-state index in [4.69, 9.17) is 4.98 Å². The fraction of sp³-hybridized carbons (Fsp3) is 0.800. The van der Waals surface area contributed by atoms with E-state index in [2.05, 4.69) is 44.8 Å². The molecular weight excluding hydrogens is 272 g/mol. The van der Waals surface area contributed by atoms with Crippen molar-refractivity contribution in [1.29, 1.82) is 0 Å². The zero-order valence-electron chi connectivity index (χ0n) is 12.6. The van der Waals surface area contributed by atoms with E-state index < -0.39 is 0 Å². The number of aromatic nitrogens is 1. The highest BCUT2D eigenvalue weighted by atomic mass is 32.2. The highest BCUT2D eigenvalue weighted by Crippen LogP contribution is 2.33. The minimum absolute atomic E-state index is 0.176. The molecule has 108 valence electrons. The van der Waals surface area contributed by atoms with Crippen LogP contribution in [0.15, 0.2) is 0 Å². The van der Waals surface area contributed by atoms with Crippen LogP contribution in [0.25, 0.3) is 0 Å². The summed E-state index contributed by atoms with van der Waals surface area (Å²) in [6.07, 6.45) is 5.67. The van der Waals surface area contributed by atoms with Crippen LogP contribution in [0.2, 0.25) is 0 Å². The lowest BCUT2D eigenvalue weighted by molar-refractivity contribution is 0.425. The normalized spacial score (nSPS) is 17.3. The molecule has 1 heterocycles. The van der Waals surface area contributed by atoms with Crippen molar-refractivity contribution >= 4 is 23.1 Å². The van der Waals surface area contributed by atoms with Crippen LogP contribution < -0.4 is 5.32 Å². The molecule has 1 aromatic heterocycles. The highest BCUT2D eigenvalue weighted by molar-refractivity contribution is 7.99. The monoisotopic (exact) mass is 298 g/mol. The fourth-order valence-corrected chi connectivity index (χ4v) is 4.66.